The molecule has 1 fully saturated rings. The standard InChI is InChI=1S/C31H40N2O4S/c1-2-3-4-7-20-37-29-10-6-5-9-28(29)31(35)33(17-8-16-32-18-21-36-22-19-32)30(34)26-13-11-25(12-14-26)27-15-23-38-24-27/h5-6,9-15,23-24,31,35H,2-4,7-8,16-22H2,1H3. The molecule has 0 saturated carbocycles. The van der Waals surface area contributed by atoms with Gasteiger partial charge in [-0.25, -0.2) is 0 Å². The van der Waals surface area contributed by atoms with E-state index in [0.29, 0.717) is 30.0 Å². The van der Waals surface area contributed by atoms with Gasteiger partial charge in [-0.05, 0) is 59.0 Å². The van der Waals surface area contributed by atoms with Crippen molar-refractivity contribution in [3.8, 4) is 16.9 Å². The summed E-state index contributed by atoms with van der Waals surface area (Å²) < 4.78 is 11.5. The van der Waals surface area contributed by atoms with Crippen LogP contribution in [0.15, 0.2) is 65.4 Å². The van der Waals surface area contributed by atoms with Crippen LogP contribution in [-0.4, -0.2) is 66.8 Å². The molecular formula is C31H40N2O4S. The Morgan fingerprint density at radius 2 is 1.82 bits per heavy atom. The van der Waals surface area contributed by atoms with Crippen LogP contribution >= 0.6 is 11.3 Å². The Labute approximate surface area is 230 Å². The van der Waals surface area contributed by atoms with E-state index in [1.54, 1.807) is 16.2 Å². The molecule has 2 heterocycles. The molecule has 1 atom stereocenters. The van der Waals surface area contributed by atoms with E-state index in [2.05, 4.69) is 23.3 Å². The molecule has 0 aliphatic carbocycles. The number of rotatable bonds is 14. The maximum Gasteiger partial charge on any atom is 0.256 e. The smallest absolute Gasteiger partial charge is 0.256 e. The molecule has 2 aromatic carbocycles. The summed E-state index contributed by atoms with van der Waals surface area (Å²) in [6.07, 6.45) is 4.10. The molecule has 0 radical (unpaired) electrons. The van der Waals surface area contributed by atoms with E-state index in [4.69, 9.17) is 9.47 Å². The van der Waals surface area contributed by atoms with Crippen LogP contribution in [0.25, 0.3) is 11.1 Å². The van der Waals surface area contributed by atoms with Gasteiger partial charge in [-0.1, -0.05) is 56.5 Å². The van der Waals surface area contributed by atoms with Crippen LogP contribution in [0.4, 0.5) is 0 Å². The van der Waals surface area contributed by atoms with Crippen LogP contribution in [0.2, 0.25) is 0 Å². The average Bonchev–Trinajstić information content (AvgIpc) is 3.51. The van der Waals surface area contributed by atoms with Crippen molar-refractivity contribution in [3.63, 3.8) is 0 Å². The van der Waals surface area contributed by atoms with E-state index >= 15 is 0 Å². The Morgan fingerprint density at radius 1 is 1.03 bits per heavy atom. The third kappa shape index (κ3) is 7.90. The molecule has 7 heteroatoms. The highest BCUT2D eigenvalue weighted by Crippen LogP contribution is 2.30. The fraction of sp³-hybridized carbons (Fsp3) is 0.452. The topological polar surface area (TPSA) is 62.2 Å². The second-order valence-electron chi connectivity index (χ2n) is 9.72. The van der Waals surface area contributed by atoms with Crippen molar-refractivity contribution in [2.45, 2.75) is 45.3 Å². The highest BCUT2D eigenvalue weighted by Gasteiger charge is 2.27. The van der Waals surface area contributed by atoms with E-state index in [0.717, 1.165) is 63.2 Å². The first-order valence-corrected chi connectivity index (χ1v) is 14.7. The van der Waals surface area contributed by atoms with Gasteiger partial charge in [-0.2, -0.15) is 11.3 Å². The van der Waals surface area contributed by atoms with E-state index < -0.39 is 6.23 Å². The van der Waals surface area contributed by atoms with E-state index in [-0.39, 0.29) is 5.91 Å². The maximum atomic E-state index is 13.8. The van der Waals surface area contributed by atoms with Gasteiger partial charge in [0, 0.05) is 37.3 Å². The van der Waals surface area contributed by atoms with Gasteiger partial charge >= 0.3 is 0 Å². The molecule has 0 bridgehead atoms. The van der Waals surface area contributed by atoms with Crippen LogP contribution in [-0.2, 0) is 4.74 Å². The summed E-state index contributed by atoms with van der Waals surface area (Å²) in [4.78, 5) is 17.7. The minimum absolute atomic E-state index is 0.186. The molecule has 1 amide bonds. The molecule has 204 valence electrons. The number of morpholine rings is 1. The average molecular weight is 537 g/mol. The highest BCUT2D eigenvalue weighted by atomic mass is 32.1. The van der Waals surface area contributed by atoms with E-state index in [9.17, 15) is 9.90 Å². The quantitative estimate of drug-likeness (QED) is 0.195. The fourth-order valence-corrected chi connectivity index (χ4v) is 5.39. The first-order valence-electron chi connectivity index (χ1n) is 13.8. The Kier molecular flexibility index (Phi) is 11.2. The number of hydrogen-bond acceptors (Lipinski definition) is 6. The number of unbranched alkanes of at least 4 members (excludes halogenated alkanes) is 3. The Hall–Kier alpha value is -2.71. The second-order valence-corrected chi connectivity index (χ2v) is 10.5. The van der Waals surface area contributed by atoms with Gasteiger partial charge in [0.05, 0.1) is 19.8 Å². The summed E-state index contributed by atoms with van der Waals surface area (Å²) >= 11 is 1.65. The second kappa shape index (κ2) is 15.0. The summed E-state index contributed by atoms with van der Waals surface area (Å²) in [5.41, 5.74) is 3.40. The van der Waals surface area contributed by atoms with Crippen LogP contribution < -0.4 is 4.74 Å². The van der Waals surface area contributed by atoms with Crippen LogP contribution in [0.3, 0.4) is 0 Å². The van der Waals surface area contributed by atoms with Gasteiger partial charge in [0.15, 0.2) is 6.23 Å². The lowest BCUT2D eigenvalue weighted by Crippen LogP contribution is -2.40. The van der Waals surface area contributed by atoms with Crippen molar-refractivity contribution >= 4 is 17.2 Å². The lowest BCUT2D eigenvalue weighted by atomic mass is 10.1. The molecule has 1 N–H and O–H groups in total. The zero-order chi connectivity index (χ0) is 26.6. The number of carbonyl (C=O) groups excluding carboxylic acids is 1. The molecule has 1 aliphatic rings. The number of nitrogens with zero attached hydrogens (tertiary/aromatic N) is 2. The SMILES string of the molecule is CCCCCCOc1ccccc1C(O)N(CCCN1CCOCC1)C(=O)c1ccc(-c2ccsc2)cc1. The van der Waals surface area contributed by atoms with Gasteiger partial charge in [-0.15, -0.1) is 0 Å². The zero-order valence-electron chi connectivity index (χ0n) is 22.4. The van der Waals surface area contributed by atoms with Crippen molar-refractivity contribution in [1.29, 1.82) is 0 Å². The number of hydrogen-bond donors (Lipinski definition) is 1. The summed E-state index contributed by atoms with van der Waals surface area (Å²) in [6.45, 7) is 7.35. The van der Waals surface area contributed by atoms with Crippen LogP contribution in [0, 0.1) is 0 Å². The third-order valence-corrected chi connectivity index (χ3v) is 7.66. The first-order chi connectivity index (χ1) is 18.7. The molecular weight excluding hydrogens is 496 g/mol. The molecule has 0 spiro atoms. The number of ether oxygens (including phenoxy) is 2. The molecule has 38 heavy (non-hydrogen) atoms. The summed E-state index contributed by atoms with van der Waals surface area (Å²) in [5, 5.41) is 15.7. The first kappa shape index (κ1) is 28.3. The predicted octanol–water partition coefficient (Wildman–Crippen LogP) is 6.23. The lowest BCUT2D eigenvalue weighted by Gasteiger charge is -2.31. The Morgan fingerprint density at radius 3 is 2.55 bits per heavy atom. The minimum atomic E-state index is -1.10. The molecule has 1 saturated heterocycles. The fourth-order valence-electron chi connectivity index (χ4n) is 4.73. The number of aliphatic hydroxyl groups is 1. The molecule has 3 aromatic rings. The van der Waals surface area contributed by atoms with Crippen molar-refractivity contribution in [3.05, 3.63) is 76.5 Å². The van der Waals surface area contributed by atoms with Gasteiger partial charge in [0.1, 0.15) is 5.75 Å². The zero-order valence-corrected chi connectivity index (χ0v) is 23.2. The lowest BCUT2D eigenvalue weighted by molar-refractivity contribution is 0.000247. The maximum absolute atomic E-state index is 13.8. The normalized spacial score (nSPS) is 14.8. The highest BCUT2D eigenvalue weighted by molar-refractivity contribution is 7.08. The number of para-hydroxylation sites is 1. The minimum Gasteiger partial charge on any atom is -0.493 e. The van der Waals surface area contributed by atoms with Gasteiger partial charge in [-0.3, -0.25) is 9.69 Å². The van der Waals surface area contributed by atoms with Gasteiger partial charge in [0.2, 0.25) is 0 Å². The molecule has 1 aromatic heterocycles. The molecule has 1 unspecified atom stereocenters. The van der Waals surface area contributed by atoms with Crippen molar-refractivity contribution in [2.75, 3.05) is 46.0 Å². The van der Waals surface area contributed by atoms with Gasteiger partial charge < -0.3 is 19.5 Å². The number of amides is 1. The summed E-state index contributed by atoms with van der Waals surface area (Å²) in [6, 6.07) is 17.3. The molecule has 6 nitrogen and oxygen atoms in total. The monoisotopic (exact) mass is 536 g/mol. The van der Waals surface area contributed by atoms with Crippen LogP contribution in [0.5, 0.6) is 5.75 Å². The summed E-state index contributed by atoms with van der Waals surface area (Å²) in [7, 11) is 0. The predicted molar refractivity (Wildman–Crippen MR) is 154 cm³/mol. The number of benzene rings is 2. The van der Waals surface area contributed by atoms with E-state index in [1.807, 2.05) is 53.9 Å². The Bertz CT molecular complexity index is 1100. The largest absolute Gasteiger partial charge is 0.493 e. The summed E-state index contributed by atoms with van der Waals surface area (Å²) in [5.74, 6) is 0.448. The van der Waals surface area contributed by atoms with Crippen molar-refractivity contribution < 1.29 is 19.4 Å². The number of thiophene rings is 1. The molecule has 1 aliphatic heterocycles. The number of aliphatic hydroxyl groups excluding tert-OH is 1. The van der Waals surface area contributed by atoms with Crippen molar-refractivity contribution in [1.82, 2.24) is 9.80 Å². The van der Waals surface area contributed by atoms with Crippen LogP contribution in [0.1, 0.15) is 61.2 Å². The third-order valence-electron chi connectivity index (χ3n) is 6.97. The van der Waals surface area contributed by atoms with Gasteiger partial charge in [0.25, 0.3) is 5.91 Å². The van der Waals surface area contributed by atoms with Crippen molar-refractivity contribution in [2.24, 2.45) is 0 Å². The van der Waals surface area contributed by atoms with E-state index in [1.165, 1.54) is 12.8 Å². The Balaban J connectivity index is 1.50. The molecule has 4 rings (SSSR count). The number of carbonyl (C=O) groups is 1.